The van der Waals surface area contributed by atoms with Crippen molar-refractivity contribution in [2.75, 3.05) is 19.1 Å². The van der Waals surface area contributed by atoms with Crippen molar-refractivity contribution in [2.45, 2.75) is 19.1 Å². The van der Waals surface area contributed by atoms with Gasteiger partial charge in [0.05, 0.1) is 18.4 Å². The van der Waals surface area contributed by atoms with E-state index in [2.05, 4.69) is 10.2 Å². The minimum Gasteiger partial charge on any atom is -0.496 e. The molecule has 0 radical (unpaired) electrons. The Morgan fingerprint density at radius 2 is 2.05 bits per heavy atom. The molecule has 21 heavy (non-hydrogen) atoms. The van der Waals surface area contributed by atoms with Crippen molar-refractivity contribution in [1.82, 2.24) is 10.2 Å². The van der Waals surface area contributed by atoms with Crippen molar-refractivity contribution >= 4 is 15.7 Å². The molecule has 0 saturated heterocycles. The van der Waals surface area contributed by atoms with Crippen LogP contribution in [0.1, 0.15) is 23.4 Å². The number of sulfone groups is 1. The number of aromatic nitrogens is 2. The molecule has 1 heterocycles. The van der Waals surface area contributed by atoms with Gasteiger partial charge in [0.25, 0.3) is 0 Å². The molecule has 0 amide bonds. The van der Waals surface area contributed by atoms with E-state index < -0.39 is 15.1 Å². The Morgan fingerprint density at radius 3 is 2.62 bits per heavy atom. The van der Waals surface area contributed by atoms with Gasteiger partial charge in [-0.25, -0.2) is 8.42 Å². The zero-order valence-electron chi connectivity index (χ0n) is 12.5. The predicted octanol–water partition coefficient (Wildman–Crippen LogP) is 2.08. The SMILES string of the molecule is COc1ccc(C)cc1-c1c(N)n[nH]c1C(C)S(C)(=O)=O. The number of aromatic amines is 1. The number of ether oxygens (including phenoxy) is 1. The minimum absolute atomic E-state index is 0.254. The predicted molar refractivity (Wildman–Crippen MR) is 83.0 cm³/mol. The number of nitrogens with two attached hydrogens (primary N) is 1. The largest absolute Gasteiger partial charge is 0.496 e. The number of rotatable bonds is 4. The van der Waals surface area contributed by atoms with Crippen molar-refractivity contribution in [3.05, 3.63) is 29.5 Å². The number of aryl methyl sites for hydroxylation is 1. The molecule has 3 N–H and O–H groups in total. The summed E-state index contributed by atoms with van der Waals surface area (Å²) >= 11 is 0. The lowest BCUT2D eigenvalue weighted by Crippen LogP contribution is -2.09. The van der Waals surface area contributed by atoms with Gasteiger partial charge in [0.2, 0.25) is 0 Å². The van der Waals surface area contributed by atoms with Crippen LogP contribution in [0.25, 0.3) is 11.1 Å². The second-order valence-electron chi connectivity index (χ2n) is 5.07. The van der Waals surface area contributed by atoms with Crippen LogP contribution in [0, 0.1) is 6.92 Å². The maximum atomic E-state index is 11.8. The number of hydrogen-bond donors (Lipinski definition) is 2. The van der Waals surface area contributed by atoms with Crippen LogP contribution in [-0.4, -0.2) is 32.0 Å². The molecule has 1 unspecified atom stereocenters. The molecule has 7 heteroatoms. The van der Waals surface area contributed by atoms with E-state index in [1.807, 2.05) is 25.1 Å². The number of H-pyrrole nitrogens is 1. The fourth-order valence-corrected chi connectivity index (χ4v) is 2.78. The van der Waals surface area contributed by atoms with Crippen LogP contribution in [0.3, 0.4) is 0 Å². The third kappa shape index (κ3) is 2.87. The first kappa shape index (κ1) is 15.4. The molecule has 0 aliphatic rings. The van der Waals surface area contributed by atoms with E-state index in [9.17, 15) is 8.42 Å². The third-order valence-corrected chi connectivity index (χ3v) is 5.02. The van der Waals surface area contributed by atoms with Gasteiger partial charge in [0.15, 0.2) is 15.7 Å². The number of benzene rings is 1. The van der Waals surface area contributed by atoms with E-state index >= 15 is 0 Å². The second kappa shape index (κ2) is 5.40. The topological polar surface area (TPSA) is 98.1 Å². The molecule has 1 aromatic heterocycles. The number of hydrogen-bond acceptors (Lipinski definition) is 5. The molecule has 1 aromatic carbocycles. The number of nitrogens with zero attached hydrogens (tertiary/aromatic N) is 1. The summed E-state index contributed by atoms with van der Waals surface area (Å²) in [6, 6.07) is 5.64. The van der Waals surface area contributed by atoms with Gasteiger partial charge in [-0.2, -0.15) is 5.10 Å². The van der Waals surface area contributed by atoms with E-state index in [4.69, 9.17) is 10.5 Å². The Hall–Kier alpha value is -2.02. The van der Waals surface area contributed by atoms with E-state index in [0.29, 0.717) is 17.0 Å². The molecule has 0 bridgehead atoms. The maximum absolute atomic E-state index is 11.8. The van der Waals surface area contributed by atoms with E-state index in [1.54, 1.807) is 14.0 Å². The van der Waals surface area contributed by atoms with Gasteiger partial charge < -0.3 is 10.5 Å². The molecule has 0 aliphatic heterocycles. The Bertz CT molecular complexity index is 766. The van der Waals surface area contributed by atoms with Gasteiger partial charge in [-0.1, -0.05) is 11.6 Å². The van der Waals surface area contributed by atoms with Crippen LogP contribution in [0.15, 0.2) is 18.2 Å². The highest BCUT2D eigenvalue weighted by Crippen LogP contribution is 2.39. The van der Waals surface area contributed by atoms with E-state index in [-0.39, 0.29) is 5.82 Å². The Balaban J connectivity index is 2.71. The van der Waals surface area contributed by atoms with Crippen molar-refractivity contribution in [3.63, 3.8) is 0 Å². The zero-order chi connectivity index (χ0) is 15.8. The summed E-state index contributed by atoms with van der Waals surface area (Å²) in [5.41, 5.74) is 8.73. The molecule has 1 atom stereocenters. The van der Waals surface area contributed by atoms with Gasteiger partial charge in [0.1, 0.15) is 11.0 Å². The van der Waals surface area contributed by atoms with Crippen LogP contribution < -0.4 is 10.5 Å². The maximum Gasteiger partial charge on any atom is 0.155 e. The first-order valence-electron chi connectivity index (χ1n) is 6.43. The normalized spacial score (nSPS) is 13.1. The van der Waals surface area contributed by atoms with Crippen molar-refractivity contribution < 1.29 is 13.2 Å². The van der Waals surface area contributed by atoms with Crippen molar-refractivity contribution in [2.24, 2.45) is 0 Å². The van der Waals surface area contributed by atoms with Gasteiger partial charge >= 0.3 is 0 Å². The Labute approximate surface area is 124 Å². The van der Waals surface area contributed by atoms with Gasteiger partial charge in [-0.3, -0.25) is 5.10 Å². The van der Waals surface area contributed by atoms with E-state index in [0.717, 1.165) is 11.1 Å². The fourth-order valence-electron chi connectivity index (χ4n) is 2.18. The molecule has 2 aromatic rings. The summed E-state index contributed by atoms with van der Waals surface area (Å²) in [5, 5.41) is 5.97. The average Bonchev–Trinajstić information content (AvgIpc) is 2.78. The van der Waals surface area contributed by atoms with Crippen molar-refractivity contribution in [1.29, 1.82) is 0 Å². The first-order chi connectivity index (χ1) is 9.75. The quantitative estimate of drug-likeness (QED) is 0.901. The molecule has 6 nitrogen and oxygen atoms in total. The molecule has 0 spiro atoms. The highest BCUT2D eigenvalue weighted by molar-refractivity contribution is 7.90. The van der Waals surface area contributed by atoms with Gasteiger partial charge in [-0.05, 0) is 26.0 Å². The van der Waals surface area contributed by atoms with Gasteiger partial charge in [-0.15, -0.1) is 0 Å². The highest BCUT2D eigenvalue weighted by Gasteiger charge is 2.26. The number of nitrogen functional groups attached to an aromatic ring is 1. The molecular weight excluding hydrogens is 290 g/mol. The summed E-state index contributed by atoms with van der Waals surface area (Å²) in [7, 11) is -1.71. The average molecular weight is 309 g/mol. The minimum atomic E-state index is -3.27. The molecule has 0 fully saturated rings. The summed E-state index contributed by atoms with van der Waals surface area (Å²) in [5.74, 6) is 0.875. The second-order valence-corrected chi connectivity index (χ2v) is 7.44. The van der Waals surface area contributed by atoms with Crippen LogP contribution in [-0.2, 0) is 9.84 Å². The summed E-state index contributed by atoms with van der Waals surface area (Å²) in [6.07, 6.45) is 1.19. The molecule has 114 valence electrons. The van der Waals surface area contributed by atoms with Crippen LogP contribution in [0.5, 0.6) is 5.75 Å². The lowest BCUT2D eigenvalue weighted by Gasteiger charge is -2.13. The van der Waals surface area contributed by atoms with Crippen LogP contribution >= 0.6 is 0 Å². The number of nitrogens with one attached hydrogen (secondary N) is 1. The monoisotopic (exact) mass is 309 g/mol. The lowest BCUT2D eigenvalue weighted by molar-refractivity contribution is 0.416. The fraction of sp³-hybridized carbons (Fsp3) is 0.357. The molecule has 0 aliphatic carbocycles. The van der Waals surface area contributed by atoms with Crippen LogP contribution in [0.4, 0.5) is 5.82 Å². The number of anilines is 1. The van der Waals surface area contributed by atoms with Crippen LogP contribution in [0.2, 0.25) is 0 Å². The summed E-state index contributed by atoms with van der Waals surface area (Å²) in [6.45, 7) is 3.55. The molecule has 0 saturated carbocycles. The zero-order valence-corrected chi connectivity index (χ0v) is 13.3. The summed E-state index contributed by atoms with van der Waals surface area (Å²) in [4.78, 5) is 0. The summed E-state index contributed by atoms with van der Waals surface area (Å²) < 4.78 is 29.0. The van der Waals surface area contributed by atoms with E-state index in [1.165, 1.54) is 6.26 Å². The highest BCUT2D eigenvalue weighted by atomic mass is 32.2. The number of methoxy groups -OCH3 is 1. The molecule has 2 rings (SSSR count). The Morgan fingerprint density at radius 1 is 1.38 bits per heavy atom. The Kier molecular flexibility index (Phi) is 3.95. The smallest absolute Gasteiger partial charge is 0.155 e. The van der Waals surface area contributed by atoms with Gasteiger partial charge in [0, 0.05) is 11.8 Å². The standard InChI is InChI=1S/C14H19N3O3S/c1-8-5-6-11(20-3)10(7-8)12-13(16-17-14(12)15)9(2)21(4,18)19/h5-7,9H,1-4H3,(H3,15,16,17). The first-order valence-corrected chi connectivity index (χ1v) is 8.38. The third-order valence-electron chi connectivity index (χ3n) is 3.50. The van der Waals surface area contributed by atoms with Crippen molar-refractivity contribution in [3.8, 4) is 16.9 Å². The lowest BCUT2D eigenvalue weighted by atomic mass is 10.0. The molecular formula is C14H19N3O3S.